The normalized spacial score (nSPS) is 21.8. The predicted octanol–water partition coefficient (Wildman–Crippen LogP) is 4.44. The molecule has 0 unspecified atom stereocenters. The first kappa shape index (κ1) is 21.3. The summed E-state index contributed by atoms with van der Waals surface area (Å²) >= 11 is 0. The zero-order valence-electron chi connectivity index (χ0n) is 17.9. The number of nitrogens with zero attached hydrogens (tertiary/aromatic N) is 1. The molecule has 1 aliphatic rings. The average Bonchev–Trinajstić information content (AvgIpc) is 2.66. The van der Waals surface area contributed by atoms with Gasteiger partial charge in [0.1, 0.15) is 0 Å². The third-order valence-corrected chi connectivity index (χ3v) is 11.1. The van der Waals surface area contributed by atoms with Gasteiger partial charge < -0.3 is 9.63 Å². The van der Waals surface area contributed by atoms with Gasteiger partial charge in [-0.3, -0.25) is 0 Å². The Kier molecular flexibility index (Phi) is 6.45. The SMILES string of the molecule is CC(C)[C@@H]1[C@@H](O[Si](c2ccccc2)(c2ccccc2)C(C)(C)C)CCCN1O. The van der Waals surface area contributed by atoms with Crippen molar-refractivity contribution in [1.29, 1.82) is 0 Å². The monoisotopic (exact) mass is 397 g/mol. The molecule has 0 amide bonds. The summed E-state index contributed by atoms with van der Waals surface area (Å²) in [6.45, 7) is 12.0. The van der Waals surface area contributed by atoms with Crippen molar-refractivity contribution >= 4 is 18.7 Å². The number of benzene rings is 2. The summed E-state index contributed by atoms with van der Waals surface area (Å²) in [5.74, 6) is 0.327. The Bertz CT molecular complexity index is 703. The van der Waals surface area contributed by atoms with E-state index in [2.05, 4.69) is 95.3 Å². The van der Waals surface area contributed by atoms with Crippen LogP contribution in [-0.4, -0.2) is 37.3 Å². The van der Waals surface area contributed by atoms with Crippen LogP contribution in [0.25, 0.3) is 0 Å². The second-order valence-corrected chi connectivity index (χ2v) is 13.6. The minimum Gasteiger partial charge on any atom is -0.403 e. The molecule has 0 bridgehead atoms. The van der Waals surface area contributed by atoms with Crippen LogP contribution in [0.2, 0.25) is 5.04 Å². The second kappa shape index (κ2) is 8.50. The molecule has 4 heteroatoms. The first-order chi connectivity index (χ1) is 13.3. The van der Waals surface area contributed by atoms with Crippen LogP contribution in [0.15, 0.2) is 60.7 Å². The van der Waals surface area contributed by atoms with Gasteiger partial charge in [0.2, 0.25) is 0 Å². The van der Waals surface area contributed by atoms with Crippen molar-refractivity contribution in [3.63, 3.8) is 0 Å². The Morgan fingerprint density at radius 2 is 1.46 bits per heavy atom. The predicted molar refractivity (Wildman–Crippen MR) is 119 cm³/mol. The molecule has 0 spiro atoms. The van der Waals surface area contributed by atoms with Crippen LogP contribution in [0.5, 0.6) is 0 Å². The molecule has 1 N–H and O–H groups in total. The third kappa shape index (κ3) is 3.97. The average molecular weight is 398 g/mol. The Morgan fingerprint density at radius 1 is 0.964 bits per heavy atom. The lowest BCUT2D eigenvalue weighted by Gasteiger charge is -2.49. The van der Waals surface area contributed by atoms with E-state index < -0.39 is 8.32 Å². The van der Waals surface area contributed by atoms with E-state index in [9.17, 15) is 5.21 Å². The molecule has 3 rings (SSSR count). The van der Waals surface area contributed by atoms with E-state index in [4.69, 9.17) is 4.43 Å². The summed E-state index contributed by atoms with van der Waals surface area (Å²) < 4.78 is 7.30. The lowest BCUT2D eigenvalue weighted by Crippen LogP contribution is -2.69. The third-order valence-electron chi connectivity index (χ3n) is 6.03. The Morgan fingerprint density at radius 3 is 1.89 bits per heavy atom. The van der Waals surface area contributed by atoms with Crippen molar-refractivity contribution in [1.82, 2.24) is 5.06 Å². The van der Waals surface area contributed by atoms with Crippen molar-refractivity contribution in [3.8, 4) is 0 Å². The highest BCUT2D eigenvalue weighted by Gasteiger charge is 2.53. The van der Waals surface area contributed by atoms with Gasteiger partial charge >= 0.3 is 0 Å². The lowest BCUT2D eigenvalue weighted by atomic mass is 9.92. The molecule has 1 aliphatic heterocycles. The first-order valence-electron chi connectivity index (χ1n) is 10.5. The largest absolute Gasteiger partial charge is 0.403 e. The van der Waals surface area contributed by atoms with Gasteiger partial charge in [0, 0.05) is 6.54 Å². The smallest absolute Gasteiger partial charge is 0.261 e. The summed E-state index contributed by atoms with van der Waals surface area (Å²) in [6, 6.07) is 21.6. The van der Waals surface area contributed by atoms with E-state index in [1.54, 1.807) is 0 Å². The van der Waals surface area contributed by atoms with Gasteiger partial charge in [0.05, 0.1) is 12.1 Å². The number of piperidine rings is 1. The molecule has 0 saturated carbocycles. The summed E-state index contributed by atoms with van der Waals surface area (Å²) in [5, 5.41) is 14.7. The number of rotatable bonds is 5. The standard InChI is InChI=1S/C24H35NO2Si/c1-19(2)23-22(17-12-18-25(23)26)27-28(24(3,4)5,20-13-8-6-9-14-20)21-15-10-7-11-16-21/h6-11,13-16,19,22-23,26H,12,17-18H2,1-5H3/t22-,23+/m0/s1. The van der Waals surface area contributed by atoms with E-state index in [0.717, 1.165) is 19.4 Å². The summed E-state index contributed by atoms with van der Waals surface area (Å²) in [6.07, 6.45) is 1.97. The van der Waals surface area contributed by atoms with Crippen molar-refractivity contribution in [3.05, 3.63) is 60.7 Å². The highest BCUT2D eigenvalue weighted by Crippen LogP contribution is 2.39. The molecule has 0 aromatic heterocycles. The van der Waals surface area contributed by atoms with Gasteiger partial charge in [-0.25, -0.2) is 0 Å². The van der Waals surface area contributed by atoms with E-state index >= 15 is 0 Å². The minimum atomic E-state index is -2.59. The van der Waals surface area contributed by atoms with Gasteiger partial charge in [-0.05, 0) is 34.2 Å². The van der Waals surface area contributed by atoms with E-state index in [-0.39, 0.29) is 17.2 Å². The maximum atomic E-state index is 10.6. The highest BCUT2D eigenvalue weighted by atomic mass is 28.4. The fraction of sp³-hybridized carbons (Fsp3) is 0.500. The van der Waals surface area contributed by atoms with Crippen molar-refractivity contribution in [2.75, 3.05) is 6.54 Å². The van der Waals surface area contributed by atoms with Crippen LogP contribution >= 0.6 is 0 Å². The molecule has 1 heterocycles. The molecular formula is C24H35NO2Si. The molecule has 2 aromatic carbocycles. The summed E-state index contributed by atoms with van der Waals surface area (Å²) in [4.78, 5) is 0. The zero-order chi connectivity index (χ0) is 20.4. The van der Waals surface area contributed by atoms with E-state index in [1.807, 2.05) is 0 Å². The molecule has 1 fully saturated rings. The van der Waals surface area contributed by atoms with Gasteiger partial charge in [0.25, 0.3) is 8.32 Å². The number of hydrogen-bond acceptors (Lipinski definition) is 3. The summed E-state index contributed by atoms with van der Waals surface area (Å²) in [7, 11) is -2.59. The molecule has 2 aromatic rings. The van der Waals surface area contributed by atoms with Crippen LogP contribution in [0.1, 0.15) is 47.5 Å². The lowest BCUT2D eigenvalue weighted by molar-refractivity contribution is -0.183. The summed E-state index contributed by atoms with van der Waals surface area (Å²) in [5.41, 5.74) is 0. The highest BCUT2D eigenvalue weighted by molar-refractivity contribution is 6.99. The quantitative estimate of drug-likeness (QED) is 0.757. The van der Waals surface area contributed by atoms with Gasteiger partial charge in [-0.2, -0.15) is 5.06 Å². The fourth-order valence-corrected chi connectivity index (χ4v) is 9.51. The van der Waals surface area contributed by atoms with Crippen molar-refractivity contribution < 1.29 is 9.63 Å². The van der Waals surface area contributed by atoms with Crippen LogP contribution < -0.4 is 10.4 Å². The van der Waals surface area contributed by atoms with Crippen molar-refractivity contribution in [2.24, 2.45) is 5.92 Å². The molecule has 0 aliphatic carbocycles. The molecule has 152 valence electrons. The van der Waals surface area contributed by atoms with Crippen LogP contribution in [0.4, 0.5) is 0 Å². The Hall–Kier alpha value is -1.46. The van der Waals surface area contributed by atoms with Crippen LogP contribution in [0, 0.1) is 5.92 Å². The van der Waals surface area contributed by atoms with Crippen LogP contribution in [-0.2, 0) is 4.43 Å². The Balaban J connectivity index is 2.16. The van der Waals surface area contributed by atoms with Gasteiger partial charge in [-0.15, -0.1) is 0 Å². The molecule has 0 radical (unpaired) electrons. The van der Waals surface area contributed by atoms with Crippen molar-refractivity contribution in [2.45, 2.75) is 64.6 Å². The maximum absolute atomic E-state index is 10.6. The van der Waals surface area contributed by atoms with Gasteiger partial charge in [-0.1, -0.05) is 95.3 Å². The molecule has 28 heavy (non-hydrogen) atoms. The van der Waals surface area contributed by atoms with E-state index in [0.29, 0.717) is 5.92 Å². The van der Waals surface area contributed by atoms with Gasteiger partial charge in [0.15, 0.2) is 0 Å². The number of hydrogen-bond donors (Lipinski definition) is 1. The van der Waals surface area contributed by atoms with E-state index in [1.165, 1.54) is 15.4 Å². The zero-order valence-corrected chi connectivity index (χ0v) is 18.9. The maximum Gasteiger partial charge on any atom is 0.261 e. The number of hydroxylamine groups is 2. The Labute approximate surface area is 171 Å². The van der Waals surface area contributed by atoms with Crippen LogP contribution in [0.3, 0.4) is 0 Å². The molecular weight excluding hydrogens is 362 g/mol. The second-order valence-electron chi connectivity index (χ2n) is 9.36. The molecule has 1 saturated heterocycles. The molecule has 3 nitrogen and oxygen atoms in total. The first-order valence-corrected chi connectivity index (χ1v) is 12.4. The minimum absolute atomic E-state index is 0.0186. The molecule has 2 atom stereocenters. The topological polar surface area (TPSA) is 32.7 Å². The fourth-order valence-electron chi connectivity index (χ4n) is 4.79.